The van der Waals surface area contributed by atoms with Gasteiger partial charge in [-0.05, 0) is 50.6 Å². The number of nitrogens with two attached hydrogens (primary N) is 1. The lowest BCUT2D eigenvalue weighted by Crippen LogP contribution is -2.10. The molecular weight excluding hydrogens is 408 g/mol. The molecule has 1 atom stereocenters. The van der Waals surface area contributed by atoms with Crippen molar-refractivity contribution >= 4 is 39.6 Å². The molecule has 150 valence electrons. The Balaban J connectivity index is 1.46. The molecule has 0 amide bonds. The maximum Gasteiger partial charge on any atom is 0.211 e. The van der Waals surface area contributed by atoms with Crippen molar-refractivity contribution in [2.45, 2.75) is 33.4 Å². The average molecular weight is 429 g/mol. The number of rotatable bonds is 6. The van der Waals surface area contributed by atoms with Crippen LogP contribution in [0.2, 0.25) is 5.02 Å². The highest BCUT2D eigenvalue weighted by Gasteiger charge is 2.17. The number of aromatic nitrogens is 6. The fourth-order valence-electron chi connectivity index (χ4n) is 3.11. The summed E-state index contributed by atoms with van der Waals surface area (Å²) in [5.41, 5.74) is 9.52. The number of nitrogens with one attached hydrogen (secondary N) is 1. The van der Waals surface area contributed by atoms with Gasteiger partial charge in [-0.15, -0.1) is 10.2 Å². The summed E-state index contributed by atoms with van der Waals surface area (Å²) < 4.78 is 3.76. The van der Waals surface area contributed by atoms with Gasteiger partial charge in [0.15, 0.2) is 5.82 Å². The van der Waals surface area contributed by atoms with Crippen LogP contribution in [0.25, 0.3) is 0 Å². The highest BCUT2D eigenvalue weighted by molar-refractivity contribution is 7.15. The summed E-state index contributed by atoms with van der Waals surface area (Å²) in [5, 5.41) is 23.1. The van der Waals surface area contributed by atoms with E-state index in [-0.39, 0.29) is 6.04 Å². The van der Waals surface area contributed by atoms with Crippen LogP contribution < -0.4 is 11.1 Å². The molecule has 0 saturated heterocycles. The van der Waals surface area contributed by atoms with Gasteiger partial charge in [0.25, 0.3) is 0 Å². The van der Waals surface area contributed by atoms with Crippen molar-refractivity contribution in [2.24, 2.45) is 0 Å². The van der Waals surface area contributed by atoms with Gasteiger partial charge < -0.3 is 11.1 Å². The molecule has 3 N–H and O–H groups in total. The van der Waals surface area contributed by atoms with Crippen molar-refractivity contribution in [1.82, 2.24) is 29.8 Å². The van der Waals surface area contributed by atoms with Gasteiger partial charge in [0.2, 0.25) is 5.13 Å². The van der Waals surface area contributed by atoms with E-state index in [1.165, 1.54) is 11.3 Å². The van der Waals surface area contributed by atoms with Crippen LogP contribution in [0.3, 0.4) is 0 Å². The number of anilines is 3. The van der Waals surface area contributed by atoms with Crippen molar-refractivity contribution in [3.63, 3.8) is 0 Å². The number of nitrogens with zero attached hydrogens (tertiary/aromatic N) is 6. The van der Waals surface area contributed by atoms with Crippen molar-refractivity contribution in [1.29, 1.82) is 0 Å². The third-order valence-corrected chi connectivity index (χ3v) is 5.86. The maximum absolute atomic E-state index is 6.24. The molecule has 4 rings (SSSR count). The molecule has 3 heterocycles. The van der Waals surface area contributed by atoms with Gasteiger partial charge >= 0.3 is 0 Å². The Hall–Kier alpha value is -2.91. The second-order valence-electron chi connectivity index (χ2n) is 6.87. The van der Waals surface area contributed by atoms with Gasteiger partial charge in [-0.2, -0.15) is 10.2 Å². The standard InChI is InChI=1S/C19H21ClN8S/c1-11-8-12(2)28(25-11)13(3)18-23-24-19(29-18)22-17-6-7-27(26-17)10-14-9-15(21)4-5-16(14)20/h4-9,13H,10,21H2,1-3H3,(H,22,24,26). The fourth-order valence-corrected chi connectivity index (χ4v) is 4.08. The Morgan fingerprint density at radius 1 is 1.17 bits per heavy atom. The van der Waals surface area contributed by atoms with Crippen molar-refractivity contribution in [3.8, 4) is 0 Å². The van der Waals surface area contributed by atoms with E-state index in [4.69, 9.17) is 17.3 Å². The Morgan fingerprint density at radius 3 is 2.76 bits per heavy atom. The van der Waals surface area contributed by atoms with E-state index < -0.39 is 0 Å². The van der Waals surface area contributed by atoms with Crippen molar-refractivity contribution in [2.75, 3.05) is 11.1 Å². The Labute approximate surface area is 177 Å². The zero-order valence-electron chi connectivity index (χ0n) is 16.3. The molecule has 10 heteroatoms. The van der Waals surface area contributed by atoms with Crippen molar-refractivity contribution in [3.05, 3.63) is 63.5 Å². The molecule has 3 aromatic heterocycles. The summed E-state index contributed by atoms with van der Waals surface area (Å²) in [6.07, 6.45) is 1.88. The minimum Gasteiger partial charge on any atom is -0.399 e. The zero-order valence-corrected chi connectivity index (χ0v) is 17.9. The minimum absolute atomic E-state index is 0.0139. The number of hydrogen-bond acceptors (Lipinski definition) is 7. The van der Waals surface area contributed by atoms with Crippen LogP contribution in [0.4, 0.5) is 16.6 Å². The molecule has 0 radical (unpaired) electrons. The zero-order chi connectivity index (χ0) is 20.5. The van der Waals surface area contributed by atoms with E-state index in [0.29, 0.717) is 28.2 Å². The lowest BCUT2D eigenvalue weighted by Gasteiger charge is -2.10. The molecule has 0 spiro atoms. The second kappa shape index (κ2) is 7.84. The molecule has 0 aliphatic heterocycles. The summed E-state index contributed by atoms with van der Waals surface area (Å²) in [7, 11) is 0. The van der Waals surface area contributed by atoms with E-state index in [1.54, 1.807) is 16.8 Å². The Bertz CT molecular complexity index is 1150. The molecule has 0 aliphatic rings. The van der Waals surface area contributed by atoms with Crippen LogP contribution in [-0.2, 0) is 6.54 Å². The van der Waals surface area contributed by atoms with E-state index in [1.807, 2.05) is 36.9 Å². The molecule has 0 saturated carbocycles. The summed E-state index contributed by atoms with van der Waals surface area (Å²) in [6.45, 7) is 6.61. The lowest BCUT2D eigenvalue weighted by atomic mass is 10.2. The van der Waals surface area contributed by atoms with Crippen LogP contribution >= 0.6 is 22.9 Å². The monoisotopic (exact) mass is 428 g/mol. The molecule has 4 aromatic rings. The Kier molecular flexibility index (Phi) is 5.25. The van der Waals surface area contributed by atoms with Gasteiger partial charge in [-0.25, -0.2) is 0 Å². The number of hydrogen-bond donors (Lipinski definition) is 2. The summed E-state index contributed by atoms with van der Waals surface area (Å²) >= 11 is 7.73. The molecule has 1 unspecified atom stereocenters. The van der Waals surface area contributed by atoms with Gasteiger partial charge in [0, 0.05) is 28.7 Å². The smallest absolute Gasteiger partial charge is 0.211 e. The van der Waals surface area contributed by atoms with E-state index in [2.05, 4.69) is 38.7 Å². The predicted octanol–water partition coefficient (Wildman–Crippen LogP) is 4.18. The molecular formula is C19H21ClN8S. The molecule has 8 nitrogen and oxygen atoms in total. The predicted molar refractivity (Wildman–Crippen MR) is 116 cm³/mol. The highest BCUT2D eigenvalue weighted by Crippen LogP contribution is 2.27. The quantitative estimate of drug-likeness (QED) is 0.447. The highest BCUT2D eigenvalue weighted by atomic mass is 35.5. The first-order chi connectivity index (χ1) is 13.9. The normalized spacial score (nSPS) is 12.3. The largest absolute Gasteiger partial charge is 0.399 e. The fraction of sp³-hybridized carbons (Fsp3) is 0.263. The van der Waals surface area contributed by atoms with E-state index >= 15 is 0 Å². The third-order valence-electron chi connectivity index (χ3n) is 4.49. The lowest BCUT2D eigenvalue weighted by molar-refractivity contribution is 0.540. The van der Waals surface area contributed by atoms with Crippen molar-refractivity contribution < 1.29 is 0 Å². The van der Waals surface area contributed by atoms with E-state index in [0.717, 1.165) is 22.0 Å². The molecule has 0 bridgehead atoms. The van der Waals surface area contributed by atoms with Crippen LogP contribution in [0.5, 0.6) is 0 Å². The first kappa shape index (κ1) is 19.4. The van der Waals surface area contributed by atoms with Crippen LogP contribution in [0.15, 0.2) is 36.5 Å². The summed E-state index contributed by atoms with van der Waals surface area (Å²) in [5.74, 6) is 0.687. The molecule has 0 fully saturated rings. The van der Waals surface area contributed by atoms with E-state index in [9.17, 15) is 0 Å². The number of halogens is 1. The molecule has 29 heavy (non-hydrogen) atoms. The van der Waals surface area contributed by atoms with Gasteiger partial charge in [-0.3, -0.25) is 9.36 Å². The van der Waals surface area contributed by atoms with Gasteiger partial charge in [-0.1, -0.05) is 22.9 Å². The third kappa shape index (κ3) is 4.25. The first-order valence-corrected chi connectivity index (χ1v) is 10.3. The molecule has 0 aliphatic carbocycles. The SMILES string of the molecule is Cc1cc(C)n(C(C)c2nnc(Nc3ccn(Cc4cc(N)ccc4Cl)n3)s2)n1. The summed E-state index contributed by atoms with van der Waals surface area (Å²) in [4.78, 5) is 0. The van der Waals surface area contributed by atoms with Crippen LogP contribution in [0, 0.1) is 13.8 Å². The Morgan fingerprint density at radius 2 is 2.00 bits per heavy atom. The maximum atomic E-state index is 6.24. The minimum atomic E-state index is 0.0139. The van der Waals surface area contributed by atoms with Crippen LogP contribution in [-0.4, -0.2) is 29.8 Å². The first-order valence-electron chi connectivity index (χ1n) is 9.09. The average Bonchev–Trinajstić information content (AvgIpc) is 3.39. The number of nitrogen functional groups attached to an aromatic ring is 1. The summed E-state index contributed by atoms with van der Waals surface area (Å²) in [6, 6.07) is 9.37. The van der Waals surface area contributed by atoms with Gasteiger partial charge in [0.1, 0.15) is 11.0 Å². The number of benzene rings is 1. The second-order valence-corrected chi connectivity index (χ2v) is 8.28. The topological polar surface area (TPSA) is 99.5 Å². The van der Waals surface area contributed by atoms with Crippen LogP contribution in [0.1, 0.15) is 34.9 Å². The van der Waals surface area contributed by atoms with Gasteiger partial charge in [0.05, 0.1) is 12.2 Å². The number of aryl methyl sites for hydroxylation is 2. The molecule has 1 aromatic carbocycles.